The standard InChI is InChI=1S/C15H33NO/c1-5-8-9-10-11-13-17-15(7-3)14(16-4)12-6-2/h14-16H,5-13H2,1-4H3. The Bertz CT molecular complexity index is 150. The average Bonchev–Trinajstić information content (AvgIpc) is 2.36. The summed E-state index contributed by atoms with van der Waals surface area (Å²) in [5, 5.41) is 3.39. The maximum absolute atomic E-state index is 6.01. The van der Waals surface area contributed by atoms with Crippen LogP contribution >= 0.6 is 0 Å². The van der Waals surface area contributed by atoms with Crippen molar-refractivity contribution in [3.63, 3.8) is 0 Å². The summed E-state index contributed by atoms with van der Waals surface area (Å²) in [5.74, 6) is 0. The van der Waals surface area contributed by atoms with E-state index in [9.17, 15) is 0 Å². The van der Waals surface area contributed by atoms with Crippen LogP contribution in [0.1, 0.15) is 72.1 Å². The van der Waals surface area contributed by atoms with E-state index in [-0.39, 0.29) is 0 Å². The van der Waals surface area contributed by atoms with Crippen LogP contribution in [0.5, 0.6) is 0 Å². The third kappa shape index (κ3) is 8.62. The molecule has 2 nitrogen and oxygen atoms in total. The van der Waals surface area contributed by atoms with Crippen molar-refractivity contribution >= 4 is 0 Å². The van der Waals surface area contributed by atoms with Crippen LogP contribution in [0.15, 0.2) is 0 Å². The van der Waals surface area contributed by atoms with E-state index in [2.05, 4.69) is 26.1 Å². The van der Waals surface area contributed by atoms with E-state index in [0.29, 0.717) is 12.1 Å². The summed E-state index contributed by atoms with van der Waals surface area (Å²) in [6.45, 7) is 7.65. The Labute approximate surface area is 109 Å². The number of rotatable bonds is 12. The van der Waals surface area contributed by atoms with Gasteiger partial charge in [-0.15, -0.1) is 0 Å². The molecule has 2 atom stereocenters. The average molecular weight is 243 g/mol. The van der Waals surface area contributed by atoms with Gasteiger partial charge in [0, 0.05) is 12.6 Å². The highest BCUT2D eigenvalue weighted by Crippen LogP contribution is 2.11. The van der Waals surface area contributed by atoms with Crippen molar-refractivity contribution in [2.75, 3.05) is 13.7 Å². The zero-order chi connectivity index (χ0) is 12.9. The first kappa shape index (κ1) is 16.9. The van der Waals surface area contributed by atoms with Gasteiger partial charge in [-0.2, -0.15) is 0 Å². The molecule has 0 aromatic heterocycles. The van der Waals surface area contributed by atoms with Crippen LogP contribution in [0.25, 0.3) is 0 Å². The number of nitrogens with one attached hydrogen (secondary N) is 1. The van der Waals surface area contributed by atoms with E-state index in [1.54, 1.807) is 0 Å². The van der Waals surface area contributed by atoms with Crippen molar-refractivity contribution < 1.29 is 4.74 Å². The van der Waals surface area contributed by atoms with Crippen molar-refractivity contribution in [3.05, 3.63) is 0 Å². The van der Waals surface area contributed by atoms with Gasteiger partial charge in [-0.25, -0.2) is 0 Å². The predicted molar refractivity (Wildman–Crippen MR) is 76.5 cm³/mol. The van der Waals surface area contributed by atoms with Crippen LogP contribution in [0, 0.1) is 0 Å². The van der Waals surface area contributed by atoms with Crippen molar-refractivity contribution in [3.8, 4) is 0 Å². The summed E-state index contributed by atoms with van der Waals surface area (Å²) >= 11 is 0. The Morgan fingerprint density at radius 1 is 0.941 bits per heavy atom. The summed E-state index contributed by atoms with van der Waals surface area (Å²) in [6.07, 6.45) is 10.5. The first-order chi connectivity index (χ1) is 8.29. The molecule has 0 aliphatic carbocycles. The fraction of sp³-hybridized carbons (Fsp3) is 1.00. The molecule has 0 aromatic carbocycles. The molecule has 104 valence electrons. The molecule has 0 amide bonds. The Hall–Kier alpha value is -0.0800. The van der Waals surface area contributed by atoms with Crippen LogP contribution in [0.3, 0.4) is 0 Å². The Morgan fingerprint density at radius 2 is 1.65 bits per heavy atom. The monoisotopic (exact) mass is 243 g/mol. The minimum atomic E-state index is 0.395. The van der Waals surface area contributed by atoms with E-state index >= 15 is 0 Å². The molecule has 2 heteroatoms. The normalized spacial score (nSPS) is 14.8. The largest absolute Gasteiger partial charge is 0.377 e. The fourth-order valence-corrected chi connectivity index (χ4v) is 2.29. The van der Waals surface area contributed by atoms with E-state index in [0.717, 1.165) is 13.0 Å². The van der Waals surface area contributed by atoms with Crippen LogP contribution in [0.2, 0.25) is 0 Å². The molecule has 0 rings (SSSR count). The maximum Gasteiger partial charge on any atom is 0.0725 e. The van der Waals surface area contributed by atoms with Crippen LogP contribution in [-0.2, 0) is 4.74 Å². The SMILES string of the molecule is CCCCCCCOC(CC)C(CCC)NC. The van der Waals surface area contributed by atoms with Gasteiger partial charge in [0.05, 0.1) is 6.10 Å². The lowest BCUT2D eigenvalue weighted by Gasteiger charge is -2.26. The van der Waals surface area contributed by atoms with Gasteiger partial charge < -0.3 is 10.1 Å². The van der Waals surface area contributed by atoms with Gasteiger partial charge >= 0.3 is 0 Å². The van der Waals surface area contributed by atoms with Crippen LogP contribution in [0.4, 0.5) is 0 Å². The highest BCUT2D eigenvalue weighted by Gasteiger charge is 2.17. The minimum absolute atomic E-state index is 0.395. The molecule has 0 bridgehead atoms. The van der Waals surface area contributed by atoms with E-state index in [1.165, 1.54) is 44.9 Å². The summed E-state index contributed by atoms with van der Waals surface area (Å²) in [4.78, 5) is 0. The number of hydrogen-bond donors (Lipinski definition) is 1. The number of unbranched alkanes of at least 4 members (excludes halogenated alkanes) is 4. The van der Waals surface area contributed by atoms with Gasteiger partial charge in [-0.3, -0.25) is 0 Å². The molecule has 0 spiro atoms. The van der Waals surface area contributed by atoms with Crippen LogP contribution < -0.4 is 5.32 Å². The van der Waals surface area contributed by atoms with E-state index < -0.39 is 0 Å². The zero-order valence-corrected chi connectivity index (χ0v) is 12.4. The third-order valence-corrected chi connectivity index (χ3v) is 3.40. The Kier molecular flexibility index (Phi) is 12.3. The molecule has 0 saturated heterocycles. The zero-order valence-electron chi connectivity index (χ0n) is 12.4. The van der Waals surface area contributed by atoms with Gasteiger partial charge in [0.2, 0.25) is 0 Å². The Morgan fingerprint density at radius 3 is 2.18 bits per heavy atom. The second-order valence-electron chi connectivity index (χ2n) is 4.92. The molecule has 17 heavy (non-hydrogen) atoms. The van der Waals surface area contributed by atoms with Crippen molar-refractivity contribution in [1.29, 1.82) is 0 Å². The van der Waals surface area contributed by atoms with Gasteiger partial charge in [0.25, 0.3) is 0 Å². The Balaban J connectivity index is 3.65. The lowest BCUT2D eigenvalue weighted by Crippen LogP contribution is -2.39. The highest BCUT2D eigenvalue weighted by atomic mass is 16.5. The summed E-state index contributed by atoms with van der Waals surface area (Å²) in [7, 11) is 2.05. The molecular formula is C15H33NO. The fourth-order valence-electron chi connectivity index (χ4n) is 2.29. The number of hydrogen-bond acceptors (Lipinski definition) is 2. The molecule has 0 fully saturated rings. The molecular weight excluding hydrogens is 210 g/mol. The lowest BCUT2D eigenvalue weighted by atomic mass is 10.0. The van der Waals surface area contributed by atoms with Gasteiger partial charge in [-0.05, 0) is 26.3 Å². The second kappa shape index (κ2) is 12.4. The number of ether oxygens (including phenoxy) is 1. The first-order valence-corrected chi connectivity index (χ1v) is 7.58. The molecule has 0 aromatic rings. The lowest BCUT2D eigenvalue weighted by molar-refractivity contribution is 0.0212. The van der Waals surface area contributed by atoms with Gasteiger partial charge in [-0.1, -0.05) is 52.9 Å². The summed E-state index contributed by atoms with van der Waals surface area (Å²) in [6, 6.07) is 0.528. The molecule has 0 radical (unpaired) electrons. The quantitative estimate of drug-likeness (QED) is 0.520. The molecule has 0 heterocycles. The van der Waals surface area contributed by atoms with Gasteiger partial charge in [0.1, 0.15) is 0 Å². The predicted octanol–water partition coefficient (Wildman–Crippen LogP) is 4.14. The van der Waals surface area contributed by atoms with Crippen molar-refractivity contribution in [1.82, 2.24) is 5.32 Å². The van der Waals surface area contributed by atoms with E-state index in [1.807, 2.05) is 7.05 Å². The van der Waals surface area contributed by atoms with Crippen molar-refractivity contribution in [2.24, 2.45) is 0 Å². The minimum Gasteiger partial charge on any atom is -0.377 e. The van der Waals surface area contributed by atoms with Gasteiger partial charge in [0.15, 0.2) is 0 Å². The second-order valence-corrected chi connectivity index (χ2v) is 4.92. The first-order valence-electron chi connectivity index (χ1n) is 7.58. The molecule has 0 saturated carbocycles. The number of likely N-dealkylation sites (N-methyl/N-ethyl adjacent to an activating group) is 1. The summed E-state index contributed by atoms with van der Waals surface area (Å²) in [5.41, 5.74) is 0. The maximum atomic E-state index is 6.01. The molecule has 0 aliphatic rings. The molecule has 2 unspecified atom stereocenters. The third-order valence-electron chi connectivity index (χ3n) is 3.40. The van der Waals surface area contributed by atoms with Crippen LogP contribution in [-0.4, -0.2) is 25.8 Å². The van der Waals surface area contributed by atoms with Crippen molar-refractivity contribution in [2.45, 2.75) is 84.3 Å². The molecule has 1 N–H and O–H groups in total. The summed E-state index contributed by atoms with van der Waals surface area (Å²) < 4.78 is 6.01. The topological polar surface area (TPSA) is 21.3 Å². The highest BCUT2D eigenvalue weighted by molar-refractivity contribution is 4.74. The smallest absolute Gasteiger partial charge is 0.0725 e. The van der Waals surface area contributed by atoms with E-state index in [4.69, 9.17) is 4.74 Å². The molecule has 0 aliphatic heterocycles.